The zero-order chi connectivity index (χ0) is 23.2. The van der Waals surface area contributed by atoms with E-state index in [1.54, 1.807) is 36.4 Å². The van der Waals surface area contributed by atoms with Crippen molar-refractivity contribution in [1.82, 2.24) is 0 Å². The first-order valence-corrected chi connectivity index (χ1v) is 12.5. The van der Waals surface area contributed by atoms with Crippen LogP contribution in [0, 0.1) is 17.3 Å². The zero-order valence-corrected chi connectivity index (χ0v) is 20.5. The first kappa shape index (κ1) is 22.6. The third-order valence-corrected chi connectivity index (χ3v) is 8.46. The molecule has 33 heavy (non-hydrogen) atoms. The standard InChI is InChI=1S/C26H25BrClNO4/c27-26-12-16-8-17(13-26)11-25(10-16,15-26)24(32)33-14-22(30)29-21-7-6-19(28)9-20(21)23(31)18-4-2-1-3-5-18/h1-7,9,16-17H,8,10-15H2,(H,29,30). The molecule has 2 aromatic carbocycles. The van der Waals surface area contributed by atoms with Crippen molar-refractivity contribution in [2.45, 2.75) is 42.8 Å². The van der Waals surface area contributed by atoms with E-state index in [4.69, 9.17) is 16.3 Å². The molecule has 4 saturated carbocycles. The maximum Gasteiger partial charge on any atom is 0.312 e. The molecule has 0 aromatic heterocycles. The van der Waals surface area contributed by atoms with Crippen LogP contribution in [0.1, 0.15) is 54.4 Å². The van der Waals surface area contributed by atoms with E-state index in [-0.39, 0.29) is 28.2 Å². The summed E-state index contributed by atoms with van der Waals surface area (Å²) in [5.41, 5.74) is 0.633. The maximum atomic E-state index is 13.1. The average molecular weight is 531 g/mol. The molecule has 0 radical (unpaired) electrons. The summed E-state index contributed by atoms with van der Waals surface area (Å²) >= 11 is 10.0. The van der Waals surface area contributed by atoms with E-state index in [1.807, 2.05) is 6.07 Å². The molecule has 2 unspecified atom stereocenters. The summed E-state index contributed by atoms with van der Waals surface area (Å²) in [6.07, 6.45) is 5.91. The van der Waals surface area contributed by atoms with Crippen LogP contribution in [-0.4, -0.2) is 28.6 Å². The van der Waals surface area contributed by atoms with Gasteiger partial charge in [0, 0.05) is 20.5 Å². The van der Waals surface area contributed by atoms with E-state index < -0.39 is 11.3 Å². The van der Waals surface area contributed by atoms with Gasteiger partial charge in [-0.3, -0.25) is 14.4 Å². The van der Waals surface area contributed by atoms with Crippen molar-refractivity contribution in [3.05, 3.63) is 64.7 Å². The first-order chi connectivity index (χ1) is 15.8. The number of ketones is 1. The van der Waals surface area contributed by atoms with Gasteiger partial charge in [-0.25, -0.2) is 0 Å². The summed E-state index contributed by atoms with van der Waals surface area (Å²) in [6, 6.07) is 13.5. The van der Waals surface area contributed by atoms with Crippen LogP contribution in [0.5, 0.6) is 0 Å². The fraction of sp³-hybridized carbons (Fsp3) is 0.423. The van der Waals surface area contributed by atoms with Gasteiger partial charge in [-0.2, -0.15) is 0 Å². The number of ether oxygens (including phenoxy) is 1. The van der Waals surface area contributed by atoms with E-state index in [0.717, 1.165) is 32.1 Å². The Bertz CT molecular complexity index is 1100. The molecule has 1 N–H and O–H groups in total. The number of esters is 1. The summed E-state index contributed by atoms with van der Waals surface area (Å²) in [5.74, 6) is 0.0974. The molecule has 7 heteroatoms. The first-order valence-electron chi connectivity index (χ1n) is 11.3. The van der Waals surface area contributed by atoms with Crippen molar-refractivity contribution in [2.24, 2.45) is 17.3 Å². The van der Waals surface area contributed by atoms with E-state index >= 15 is 0 Å². The fourth-order valence-corrected chi connectivity index (χ4v) is 8.04. The van der Waals surface area contributed by atoms with Crippen molar-refractivity contribution in [3.63, 3.8) is 0 Å². The van der Waals surface area contributed by atoms with Crippen LogP contribution in [0.4, 0.5) is 5.69 Å². The number of halogens is 2. The fourth-order valence-electron chi connectivity index (χ4n) is 6.42. The van der Waals surface area contributed by atoms with Gasteiger partial charge in [0.1, 0.15) is 0 Å². The van der Waals surface area contributed by atoms with Crippen LogP contribution in [0.25, 0.3) is 0 Å². The summed E-state index contributed by atoms with van der Waals surface area (Å²) < 4.78 is 5.57. The largest absolute Gasteiger partial charge is 0.455 e. The zero-order valence-electron chi connectivity index (χ0n) is 18.1. The molecule has 0 aliphatic heterocycles. The second-order valence-electron chi connectivity index (χ2n) is 9.90. The van der Waals surface area contributed by atoms with E-state index in [2.05, 4.69) is 21.2 Å². The maximum absolute atomic E-state index is 13.1. The number of nitrogens with one attached hydrogen (secondary N) is 1. The normalized spacial score (nSPS) is 29.5. The van der Waals surface area contributed by atoms with Gasteiger partial charge in [0.2, 0.25) is 0 Å². The van der Waals surface area contributed by atoms with Crippen LogP contribution in [0.3, 0.4) is 0 Å². The molecule has 0 heterocycles. The summed E-state index contributed by atoms with van der Waals surface area (Å²) in [7, 11) is 0. The van der Waals surface area contributed by atoms with E-state index in [0.29, 0.717) is 28.1 Å². The number of benzene rings is 2. The lowest BCUT2D eigenvalue weighted by molar-refractivity contribution is -0.170. The highest BCUT2D eigenvalue weighted by atomic mass is 79.9. The Morgan fingerprint density at radius 2 is 1.73 bits per heavy atom. The lowest BCUT2D eigenvalue weighted by atomic mass is 9.49. The van der Waals surface area contributed by atoms with Gasteiger partial charge >= 0.3 is 5.97 Å². The molecule has 2 aromatic rings. The van der Waals surface area contributed by atoms with E-state index in [1.165, 1.54) is 12.5 Å². The second-order valence-corrected chi connectivity index (χ2v) is 12.0. The van der Waals surface area contributed by atoms with Crippen LogP contribution in [0.2, 0.25) is 5.02 Å². The highest BCUT2D eigenvalue weighted by molar-refractivity contribution is 9.10. The second kappa shape index (κ2) is 8.55. The number of carbonyl (C=O) groups excluding carboxylic acids is 3. The quantitative estimate of drug-likeness (QED) is 0.292. The number of anilines is 1. The van der Waals surface area contributed by atoms with E-state index in [9.17, 15) is 14.4 Å². The molecular weight excluding hydrogens is 506 g/mol. The Morgan fingerprint density at radius 3 is 2.39 bits per heavy atom. The Hall–Kier alpha value is -2.18. The minimum atomic E-state index is -0.484. The molecule has 4 fully saturated rings. The molecule has 172 valence electrons. The third kappa shape index (κ3) is 4.47. The number of carbonyl (C=O) groups is 3. The predicted octanol–water partition coefficient (Wildman–Crippen LogP) is 5.79. The molecule has 5 nitrogen and oxygen atoms in total. The molecule has 2 atom stereocenters. The Labute approximate surface area is 206 Å². The Morgan fingerprint density at radius 1 is 1.03 bits per heavy atom. The molecule has 4 bridgehead atoms. The molecule has 0 spiro atoms. The summed E-state index contributed by atoms with van der Waals surface area (Å²) in [4.78, 5) is 38.7. The molecule has 4 aliphatic carbocycles. The van der Waals surface area contributed by atoms with Gasteiger partial charge < -0.3 is 10.1 Å². The lowest BCUT2D eigenvalue weighted by Crippen LogP contribution is -2.56. The van der Waals surface area contributed by atoms with Crippen LogP contribution in [-0.2, 0) is 14.3 Å². The van der Waals surface area contributed by atoms with Gasteiger partial charge in [0.15, 0.2) is 12.4 Å². The minimum Gasteiger partial charge on any atom is -0.455 e. The number of rotatable bonds is 6. The van der Waals surface area contributed by atoms with Crippen LogP contribution >= 0.6 is 27.5 Å². The van der Waals surface area contributed by atoms with Gasteiger partial charge in [0.05, 0.1) is 11.1 Å². The predicted molar refractivity (Wildman–Crippen MR) is 130 cm³/mol. The van der Waals surface area contributed by atoms with Gasteiger partial charge in [-0.1, -0.05) is 57.9 Å². The topological polar surface area (TPSA) is 72.5 Å². The smallest absolute Gasteiger partial charge is 0.312 e. The van der Waals surface area contributed by atoms with Gasteiger partial charge in [-0.15, -0.1) is 0 Å². The monoisotopic (exact) mass is 529 g/mol. The minimum absolute atomic E-state index is 0.0361. The average Bonchev–Trinajstić information content (AvgIpc) is 2.77. The number of amides is 1. The Kier molecular flexibility index (Phi) is 5.86. The van der Waals surface area contributed by atoms with Crippen molar-refractivity contribution in [3.8, 4) is 0 Å². The van der Waals surface area contributed by atoms with Crippen molar-refractivity contribution in [2.75, 3.05) is 11.9 Å². The highest BCUT2D eigenvalue weighted by Crippen LogP contribution is 2.64. The number of alkyl halides is 1. The summed E-state index contributed by atoms with van der Waals surface area (Å²) in [6.45, 7) is -0.382. The van der Waals surface area contributed by atoms with Crippen molar-refractivity contribution < 1.29 is 19.1 Å². The summed E-state index contributed by atoms with van der Waals surface area (Å²) in [5, 5.41) is 3.11. The molecule has 0 saturated heterocycles. The van der Waals surface area contributed by atoms with Crippen molar-refractivity contribution >= 4 is 50.9 Å². The van der Waals surface area contributed by atoms with Crippen LogP contribution < -0.4 is 5.32 Å². The number of hydrogen-bond acceptors (Lipinski definition) is 4. The lowest BCUT2D eigenvalue weighted by Gasteiger charge is -2.58. The number of hydrogen-bond donors (Lipinski definition) is 1. The molecule has 6 rings (SSSR count). The third-order valence-electron chi connectivity index (χ3n) is 7.29. The van der Waals surface area contributed by atoms with Gasteiger partial charge in [-0.05, 0) is 68.6 Å². The van der Waals surface area contributed by atoms with Crippen molar-refractivity contribution in [1.29, 1.82) is 0 Å². The highest BCUT2D eigenvalue weighted by Gasteiger charge is 2.60. The van der Waals surface area contributed by atoms with Gasteiger partial charge in [0.25, 0.3) is 5.91 Å². The SMILES string of the molecule is O=C(COC(=O)C12CC3CC(CC(Br)(C3)C1)C2)Nc1ccc(Cl)cc1C(=O)c1ccccc1. The molecule has 1 amide bonds. The molecular formula is C26H25BrClNO4. The Balaban J connectivity index is 1.26. The molecule has 4 aliphatic rings. The van der Waals surface area contributed by atoms with Crippen LogP contribution in [0.15, 0.2) is 48.5 Å².